The SMILES string of the molecule is C#N.CCCN1CCCC1C. The quantitative estimate of drug-likeness (QED) is 0.608. The van der Waals surface area contributed by atoms with Crippen LogP contribution in [0, 0.1) is 11.8 Å². The van der Waals surface area contributed by atoms with Crippen LogP contribution in [0.2, 0.25) is 0 Å². The molecule has 2 heteroatoms. The Balaban J connectivity index is 0.000000461. The molecule has 0 radical (unpaired) electrons. The van der Waals surface area contributed by atoms with Gasteiger partial charge in [-0.1, -0.05) is 6.92 Å². The van der Waals surface area contributed by atoms with Gasteiger partial charge in [0, 0.05) is 12.6 Å². The number of rotatable bonds is 2. The highest BCUT2D eigenvalue weighted by atomic mass is 15.2. The largest absolute Gasteiger partial charge is 0.301 e. The van der Waals surface area contributed by atoms with Crippen molar-refractivity contribution in [2.45, 2.75) is 39.2 Å². The second-order valence-electron chi connectivity index (χ2n) is 3.03. The second-order valence-corrected chi connectivity index (χ2v) is 3.03. The summed E-state index contributed by atoms with van der Waals surface area (Å²) in [6.07, 6.45) is 4.14. The van der Waals surface area contributed by atoms with Gasteiger partial charge in [-0.3, -0.25) is 0 Å². The van der Waals surface area contributed by atoms with Crippen LogP contribution in [0.5, 0.6) is 0 Å². The van der Waals surface area contributed by atoms with E-state index in [-0.39, 0.29) is 0 Å². The van der Waals surface area contributed by atoms with Gasteiger partial charge in [0.15, 0.2) is 0 Å². The summed E-state index contributed by atoms with van der Waals surface area (Å²) in [6, 6.07) is 0.866. The van der Waals surface area contributed by atoms with Crippen molar-refractivity contribution in [3.05, 3.63) is 0 Å². The molecule has 0 aromatic carbocycles. The lowest BCUT2D eigenvalue weighted by molar-refractivity contribution is 0.269. The lowest BCUT2D eigenvalue weighted by Crippen LogP contribution is -2.27. The molecule has 64 valence electrons. The van der Waals surface area contributed by atoms with Crippen molar-refractivity contribution in [1.29, 1.82) is 5.26 Å². The molecule has 0 spiro atoms. The van der Waals surface area contributed by atoms with Crippen molar-refractivity contribution in [2.75, 3.05) is 13.1 Å². The van der Waals surface area contributed by atoms with Crippen molar-refractivity contribution in [3.63, 3.8) is 0 Å². The van der Waals surface area contributed by atoms with Crippen LogP contribution in [-0.4, -0.2) is 24.0 Å². The van der Waals surface area contributed by atoms with Crippen LogP contribution in [0.4, 0.5) is 0 Å². The van der Waals surface area contributed by atoms with Crippen molar-refractivity contribution in [3.8, 4) is 6.57 Å². The van der Waals surface area contributed by atoms with Crippen LogP contribution in [0.1, 0.15) is 33.1 Å². The number of hydrogen-bond acceptors (Lipinski definition) is 2. The van der Waals surface area contributed by atoms with E-state index < -0.39 is 0 Å². The minimum Gasteiger partial charge on any atom is -0.301 e. The summed E-state index contributed by atoms with van der Waals surface area (Å²) in [7, 11) is 0. The summed E-state index contributed by atoms with van der Waals surface area (Å²) in [5.74, 6) is 0. The topological polar surface area (TPSA) is 27.0 Å². The van der Waals surface area contributed by atoms with Crippen LogP contribution < -0.4 is 0 Å². The highest BCUT2D eigenvalue weighted by Crippen LogP contribution is 2.15. The van der Waals surface area contributed by atoms with Crippen LogP contribution >= 0.6 is 0 Å². The van der Waals surface area contributed by atoms with E-state index in [1.807, 2.05) is 0 Å². The summed E-state index contributed by atoms with van der Waals surface area (Å²) >= 11 is 0. The molecule has 1 atom stereocenters. The fraction of sp³-hybridized carbons (Fsp3) is 0.889. The molecule has 1 saturated heterocycles. The predicted molar refractivity (Wildman–Crippen MR) is 47.2 cm³/mol. The maximum Gasteiger partial charge on any atom is 0.0462 e. The fourth-order valence-corrected chi connectivity index (χ4v) is 1.61. The third-order valence-electron chi connectivity index (χ3n) is 2.20. The summed E-state index contributed by atoms with van der Waals surface area (Å²) in [6.45, 7) is 10.7. The molecule has 0 saturated carbocycles. The Bertz CT molecular complexity index is 109. The van der Waals surface area contributed by atoms with Crippen LogP contribution in [0.15, 0.2) is 0 Å². The summed E-state index contributed by atoms with van der Waals surface area (Å²) in [5.41, 5.74) is 0. The maximum absolute atomic E-state index is 6.50. The standard InChI is InChI=1S/C8H17N.CHN/c1-3-6-9-7-4-5-8(9)2;1-2/h8H,3-7H2,1-2H3;1H. The Morgan fingerprint density at radius 2 is 2.18 bits per heavy atom. The van der Waals surface area contributed by atoms with Gasteiger partial charge < -0.3 is 4.90 Å². The van der Waals surface area contributed by atoms with Crippen molar-refractivity contribution in [1.82, 2.24) is 4.90 Å². The van der Waals surface area contributed by atoms with E-state index in [1.165, 1.54) is 32.4 Å². The van der Waals surface area contributed by atoms with Crippen molar-refractivity contribution >= 4 is 0 Å². The average molecular weight is 154 g/mol. The van der Waals surface area contributed by atoms with E-state index in [9.17, 15) is 0 Å². The van der Waals surface area contributed by atoms with Gasteiger partial charge in [0.2, 0.25) is 0 Å². The van der Waals surface area contributed by atoms with E-state index in [4.69, 9.17) is 5.26 Å². The van der Waals surface area contributed by atoms with Gasteiger partial charge in [-0.05, 0) is 39.3 Å². The Morgan fingerprint density at radius 3 is 2.55 bits per heavy atom. The third kappa shape index (κ3) is 3.38. The van der Waals surface area contributed by atoms with E-state index in [0.717, 1.165) is 6.04 Å². The van der Waals surface area contributed by atoms with Gasteiger partial charge in [-0.15, -0.1) is 0 Å². The number of hydrogen-bond donors (Lipinski definition) is 0. The Labute approximate surface area is 69.8 Å². The minimum atomic E-state index is 0.866. The smallest absolute Gasteiger partial charge is 0.0462 e. The molecule has 1 heterocycles. The molecular weight excluding hydrogens is 136 g/mol. The molecule has 1 aliphatic rings. The van der Waals surface area contributed by atoms with Gasteiger partial charge in [0.05, 0.1) is 0 Å². The maximum atomic E-state index is 6.50. The van der Waals surface area contributed by atoms with Gasteiger partial charge in [0.25, 0.3) is 0 Å². The van der Waals surface area contributed by atoms with Gasteiger partial charge >= 0.3 is 0 Å². The highest BCUT2D eigenvalue weighted by molar-refractivity contribution is 4.73. The first-order valence-electron chi connectivity index (χ1n) is 4.34. The molecule has 2 nitrogen and oxygen atoms in total. The molecule has 1 rings (SSSR count). The molecule has 1 unspecified atom stereocenters. The normalized spacial score (nSPS) is 24.2. The van der Waals surface area contributed by atoms with Crippen molar-refractivity contribution < 1.29 is 0 Å². The Hall–Kier alpha value is -0.550. The van der Waals surface area contributed by atoms with E-state index >= 15 is 0 Å². The molecule has 11 heavy (non-hydrogen) atoms. The number of nitrogens with zero attached hydrogens (tertiary/aromatic N) is 2. The lowest BCUT2D eigenvalue weighted by atomic mass is 10.2. The van der Waals surface area contributed by atoms with Crippen molar-refractivity contribution in [2.24, 2.45) is 0 Å². The van der Waals surface area contributed by atoms with Gasteiger partial charge in [-0.2, -0.15) is 0 Å². The fourth-order valence-electron chi connectivity index (χ4n) is 1.61. The lowest BCUT2D eigenvalue weighted by Gasteiger charge is -2.19. The Kier molecular flexibility index (Phi) is 5.87. The zero-order chi connectivity index (χ0) is 8.69. The first kappa shape index (κ1) is 10.4. The summed E-state index contributed by atoms with van der Waals surface area (Å²) in [4.78, 5) is 2.58. The van der Waals surface area contributed by atoms with Gasteiger partial charge in [0.1, 0.15) is 0 Å². The predicted octanol–water partition coefficient (Wildman–Crippen LogP) is 2.02. The van der Waals surface area contributed by atoms with Crippen LogP contribution in [-0.2, 0) is 0 Å². The molecule has 0 N–H and O–H groups in total. The Morgan fingerprint density at radius 1 is 1.55 bits per heavy atom. The zero-order valence-electron chi connectivity index (χ0n) is 7.58. The molecule has 0 bridgehead atoms. The molecular formula is C9H18N2. The van der Waals surface area contributed by atoms with E-state index in [2.05, 4.69) is 25.3 Å². The van der Waals surface area contributed by atoms with Crippen LogP contribution in [0.3, 0.4) is 0 Å². The first-order chi connectivity index (χ1) is 5.34. The molecule has 0 amide bonds. The molecule has 0 aromatic rings. The second kappa shape index (κ2) is 6.18. The number of nitriles is 1. The summed E-state index contributed by atoms with van der Waals surface area (Å²) in [5, 5.41) is 6.50. The summed E-state index contributed by atoms with van der Waals surface area (Å²) < 4.78 is 0. The van der Waals surface area contributed by atoms with Crippen LogP contribution in [0.25, 0.3) is 0 Å². The molecule has 1 fully saturated rings. The number of likely N-dealkylation sites (tertiary alicyclic amines) is 1. The average Bonchev–Trinajstić information content (AvgIpc) is 2.42. The first-order valence-corrected chi connectivity index (χ1v) is 4.34. The third-order valence-corrected chi connectivity index (χ3v) is 2.20. The van der Waals surface area contributed by atoms with Gasteiger partial charge in [-0.25, -0.2) is 5.26 Å². The minimum absolute atomic E-state index is 0.866. The molecule has 0 aromatic heterocycles. The molecule has 1 aliphatic heterocycles. The van der Waals surface area contributed by atoms with E-state index in [1.54, 1.807) is 0 Å². The molecule has 0 aliphatic carbocycles. The highest BCUT2D eigenvalue weighted by Gasteiger charge is 2.17. The van der Waals surface area contributed by atoms with E-state index in [0.29, 0.717) is 0 Å². The zero-order valence-corrected chi connectivity index (χ0v) is 7.58. The monoisotopic (exact) mass is 154 g/mol.